The van der Waals surface area contributed by atoms with Gasteiger partial charge in [-0.25, -0.2) is 0 Å². The van der Waals surface area contributed by atoms with Crippen molar-refractivity contribution in [2.24, 2.45) is 5.41 Å². The van der Waals surface area contributed by atoms with E-state index in [0.717, 1.165) is 0 Å². The quantitative estimate of drug-likeness (QED) is 0.532. The van der Waals surface area contributed by atoms with Crippen LogP contribution in [0.4, 0.5) is 0 Å². The van der Waals surface area contributed by atoms with E-state index in [1.165, 1.54) is 0 Å². The molecule has 0 heterocycles. The van der Waals surface area contributed by atoms with Gasteiger partial charge in [0.25, 0.3) is 0 Å². The minimum Gasteiger partial charge on any atom is -0.324 e. The Morgan fingerprint density at radius 3 is 2.06 bits per heavy atom. The van der Waals surface area contributed by atoms with Gasteiger partial charge < -0.3 is 4.52 Å². The molecule has 0 rings (SSSR count). The summed E-state index contributed by atoms with van der Waals surface area (Å²) in [5.74, 6) is 0.0254. The Morgan fingerprint density at radius 2 is 1.75 bits per heavy atom. The van der Waals surface area contributed by atoms with Crippen LogP contribution < -0.4 is 0 Å². The molecular weight excluding hydrogens is 223 g/mol. The number of hydrogen-bond donors (Lipinski definition) is 0. The Labute approximate surface area is 99.1 Å². The summed E-state index contributed by atoms with van der Waals surface area (Å²) < 4.78 is 16.6. The first-order chi connectivity index (χ1) is 6.99. The molecule has 0 spiro atoms. The second-order valence-corrected chi connectivity index (χ2v) is 6.56. The number of carbonyl (C=O) groups is 1. The predicted molar refractivity (Wildman–Crippen MR) is 68.3 cm³/mol. The van der Waals surface area contributed by atoms with Crippen molar-refractivity contribution in [2.75, 3.05) is 6.66 Å². The molecule has 16 heavy (non-hydrogen) atoms. The Morgan fingerprint density at radius 1 is 1.31 bits per heavy atom. The van der Waals surface area contributed by atoms with E-state index in [-0.39, 0.29) is 11.2 Å². The van der Waals surface area contributed by atoms with Gasteiger partial charge in [-0.2, -0.15) is 0 Å². The van der Waals surface area contributed by atoms with Gasteiger partial charge in [-0.15, -0.1) is 0 Å². The fourth-order valence-corrected chi connectivity index (χ4v) is 2.26. The molecule has 1 unspecified atom stereocenters. The lowest BCUT2D eigenvalue weighted by Crippen LogP contribution is -2.41. The molecule has 0 aromatic rings. The third-order valence-corrected chi connectivity index (χ3v) is 3.91. The summed E-state index contributed by atoms with van der Waals surface area (Å²) >= 11 is 0. The lowest BCUT2D eigenvalue weighted by Gasteiger charge is -2.40. The third kappa shape index (κ3) is 4.23. The second-order valence-electron chi connectivity index (χ2n) is 5.37. The van der Waals surface area contributed by atoms with Crippen LogP contribution in [0.15, 0.2) is 12.2 Å². The van der Waals surface area contributed by atoms with Gasteiger partial charge in [0.15, 0.2) is 13.8 Å². The van der Waals surface area contributed by atoms with Crippen molar-refractivity contribution in [3.63, 3.8) is 0 Å². The van der Waals surface area contributed by atoms with E-state index < -0.39 is 13.6 Å². The number of allylic oxidation sites excluding steroid dienone is 1. The molecule has 0 aliphatic rings. The van der Waals surface area contributed by atoms with E-state index in [0.29, 0.717) is 12.0 Å². The third-order valence-electron chi connectivity index (χ3n) is 3.11. The summed E-state index contributed by atoms with van der Waals surface area (Å²) in [5.41, 5.74) is -0.421. The first-order valence-corrected chi connectivity index (χ1v) is 7.19. The molecule has 0 saturated carbocycles. The molecule has 0 fully saturated rings. The second kappa shape index (κ2) is 5.29. The van der Waals surface area contributed by atoms with Crippen molar-refractivity contribution in [1.29, 1.82) is 0 Å². The summed E-state index contributed by atoms with van der Waals surface area (Å²) in [4.78, 5) is 11.7. The van der Waals surface area contributed by atoms with Gasteiger partial charge in [0.05, 0.1) is 5.60 Å². The molecule has 0 aliphatic carbocycles. The van der Waals surface area contributed by atoms with Gasteiger partial charge in [0.1, 0.15) is 0 Å². The van der Waals surface area contributed by atoms with Crippen molar-refractivity contribution in [3.8, 4) is 0 Å². The molecule has 0 aliphatic heterocycles. The smallest absolute Gasteiger partial charge is 0.189 e. The van der Waals surface area contributed by atoms with Crippen LogP contribution in [0.5, 0.6) is 0 Å². The number of rotatable bonds is 6. The lowest BCUT2D eigenvalue weighted by molar-refractivity contribution is -0.120. The van der Waals surface area contributed by atoms with E-state index >= 15 is 0 Å². The number of Topliss-reactive ketones (excluding diaryl/α,β-unsaturated/α-hetero) is 1. The van der Waals surface area contributed by atoms with E-state index in [1.807, 2.05) is 27.7 Å². The summed E-state index contributed by atoms with van der Waals surface area (Å²) in [5, 5.41) is 0. The van der Waals surface area contributed by atoms with E-state index in [9.17, 15) is 9.36 Å². The molecule has 0 bridgehead atoms. The molecule has 3 nitrogen and oxygen atoms in total. The minimum absolute atomic E-state index is 0.0254. The predicted octanol–water partition coefficient (Wildman–Crippen LogP) is 3.45. The zero-order chi connectivity index (χ0) is 13.1. The molecule has 94 valence electrons. The highest BCUT2D eigenvalue weighted by molar-refractivity contribution is 7.38. The fraction of sp³-hybridized carbons (Fsp3) is 0.750. The van der Waals surface area contributed by atoms with Crippen LogP contribution in [0.3, 0.4) is 0 Å². The molecule has 0 N–H and O–H groups in total. The first kappa shape index (κ1) is 15.6. The highest BCUT2D eigenvalue weighted by atomic mass is 31.1. The normalized spacial score (nSPS) is 14.6. The zero-order valence-electron chi connectivity index (χ0n) is 11.1. The zero-order valence-corrected chi connectivity index (χ0v) is 12.1. The largest absolute Gasteiger partial charge is 0.324 e. The lowest BCUT2D eigenvalue weighted by atomic mass is 9.73. The molecular formula is C12H23O3P. The molecule has 0 aromatic heterocycles. The Hall–Kier alpha value is -0.400. The average molecular weight is 246 g/mol. The van der Waals surface area contributed by atoms with Crippen LogP contribution in [0.1, 0.15) is 41.0 Å². The monoisotopic (exact) mass is 246 g/mol. The number of carbonyl (C=O) groups excluding carboxylic acids is 1. The maximum absolute atomic E-state index is 11.7. The number of hydrogen-bond acceptors (Lipinski definition) is 3. The average Bonchev–Trinajstić information content (AvgIpc) is 1.99. The highest BCUT2D eigenvalue weighted by Gasteiger charge is 2.40. The Balaban J connectivity index is 4.82. The van der Waals surface area contributed by atoms with Gasteiger partial charge in [0.2, 0.25) is 0 Å². The van der Waals surface area contributed by atoms with Crippen LogP contribution in [0, 0.1) is 5.41 Å². The summed E-state index contributed by atoms with van der Waals surface area (Å²) in [7, 11) is -2.01. The van der Waals surface area contributed by atoms with Gasteiger partial charge >= 0.3 is 0 Å². The molecule has 0 aromatic carbocycles. The van der Waals surface area contributed by atoms with Crippen LogP contribution in [0.2, 0.25) is 0 Å². The summed E-state index contributed by atoms with van der Waals surface area (Å²) in [6, 6.07) is 0. The maximum atomic E-state index is 11.7. The molecule has 4 heteroatoms. The molecule has 0 saturated heterocycles. The van der Waals surface area contributed by atoms with Crippen LogP contribution in [0.25, 0.3) is 0 Å². The van der Waals surface area contributed by atoms with Gasteiger partial charge in [0, 0.05) is 18.5 Å². The summed E-state index contributed by atoms with van der Waals surface area (Å²) in [6.45, 7) is 14.5. The van der Waals surface area contributed by atoms with E-state index in [2.05, 4.69) is 6.58 Å². The van der Waals surface area contributed by atoms with Crippen LogP contribution in [-0.2, 0) is 13.9 Å². The Kier molecular flexibility index (Phi) is 5.15. The maximum Gasteiger partial charge on any atom is 0.189 e. The van der Waals surface area contributed by atoms with E-state index in [1.54, 1.807) is 13.6 Å². The van der Waals surface area contributed by atoms with Crippen molar-refractivity contribution < 1.29 is 13.9 Å². The number of ketones is 1. The minimum atomic E-state index is -2.01. The summed E-state index contributed by atoms with van der Waals surface area (Å²) in [6.07, 6.45) is 0.352. The Bertz CT molecular complexity index is 316. The fourth-order valence-electron chi connectivity index (χ4n) is 1.26. The van der Waals surface area contributed by atoms with Gasteiger partial charge in [-0.3, -0.25) is 9.36 Å². The topological polar surface area (TPSA) is 43.4 Å². The molecule has 1 atom stereocenters. The molecule has 0 amide bonds. The molecule has 0 radical (unpaired) electrons. The van der Waals surface area contributed by atoms with Gasteiger partial charge in [-0.05, 0) is 26.3 Å². The van der Waals surface area contributed by atoms with E-state index in [4.69, 9.17) is 4.52 Å². The first-order valence-electron chi connectivity index (χ1n) is 5.38. The van der Waals surface area contributed by atoms with Crippen molar-refractivity contribution in [3.05, 3.63) is 12.2 Å². The van der Waals surface area contributed by atoms with Crippen molar-refractivity contribution in [2.45, 2.75) is 46.6 Å². The van der Waals surface area contributed by atoms with Crippen LogP contribution >= 0.6 is 8.03 Å². The van der Waals surface area contributed by atoms with Crippen molar-refractivity contribution in [1.82, 2.24) is 0 Å². The standard InChI is InChI=1S/C12H23O3P/c1-9(2)10(13)8-11(3,4)12(5,6)15-16(7)14/h16H,1,8H2,2-7H3. The van der Waals surface area contributed by atoms with Crippen molar-refractivity contribution >= 4 is 13.8 Å². The van der Waals surface area contributed by atoms with Gasteiger partial charge in [-0.1, -0.05) is 20.4 Å². The highest BCUT2D eigenvalue weighted by Crippen LogP contribution is 2.42. The SMILES string of the molecule is C=C(C)C(=O)CC(C)(C)C(C)(C)O[PH](C)=O. The van der Waals surface area contributed by atoms with Crippen LogP contribution in [-0.4, -0.2) is 18.0 Å².